The van der Waals surface area contributed by atoms with Gasteiger partial charge in [-0.05, 0) is 12.8 Å². The lowest BCUT2D eigenvalue weighted by Gasteiger charge is -2.20. The van der Waals surface area contributed by atoms with Crippen molar-refractivity contribution in [2.45, 2.75) is 32.1 Å². The molecule has 0 aliphatic heterocycles. The Bertz CT molecular complexity index is 302. The van der Waals surface area contributed by atoms with Crippen molar-refractivity contribution in [3.8, 4) is 0 Å². The summed E-state index contributed by atoms with van der Waals surface area (Å²) in [6, 6.07) is 0. The van der Waals surface area contributed by atoms with Crippen molar-refractivity contribution in [1.29, 1.82) is 0 Å². The molecule has 0 spiro atoms. The SMILES string of the molecule is CC(=O)c1nc(C2CCC2)no1. The van der Waals surface area contributed by atoms with Crippen LogP contribution in [0.4, 0.5) is 0 Å². The number of nitrogens with zero attached hydrogens (tertiary/aromatic N) is 2. The van der Waals surface area contributed by atoms with Crippen molar-refractivity contribution in [2.24, 2.45) is 0 Å². The van der Waals surface area contributed by atoms with E-state index in [1.54, 1.807) is 0 Å². The highest BCUT2D eigenvalue weighted by Crippen LogP contribution is 2.34. The minimum atomic E-state index is -0.159. The zero-order chi connectivity index (χ0) is 8.55. The lowest BCUT2D eigenvalue weighted by Crippen LogP contribution is -2.10. The predicted molar refractivity (Wildman–Crippen MR) is 40.9 cm³/mol. The van der Waals surface area contributed by atoms with Crippen molar-refractivity contribution in [3.63, 3.8) is 0 Å². The molecule has 1 fully saturated rings. The Kier molecular flexibility index (Phi) is 1.67. The summed E-state index contributed by atoms with van der Waals surface area (Å²) < 4.78 is 4.77. The van der Waals surface area contributed by atoms with E-state index in [0.29, 0.717) is 11.7 Å². The summed E-state index contributed by atoms with van der Waals surface area (Å²) in [5, 5.41) is 3.75. The zero-order valence-corrected chi connectivity index (χ0v) is 6.91. The van der Waals surface area contributed by atoms with Gasteiger partial charge in [-0.2, -0.15) is 4.98 Å². The molecule has 12 heavy (non-hydrogen) atoms. The number of carbonyl (C=O) groups is 1. The van der Waals surface area contributed by atoms with Crippen molar-refractivity contribution < 1.29 is 9.32 Å². The summed E-state index contributed by atoms with van der Waals surface area (Å²) in [5.74, 6) is 1.11. The van der Waals surface area contributed by atoms with Crippen LogP contribution in [0.3, 0.4) is 0 Å². The van der Waals surface area contributed by atoms with Crippen LogP contribution in [0.5, 0.6) is 0 Å². The Hall–Kier alpha value is -1.19. The maximum Gasteiger partial charge on any atom is 0.293 e. The molecule has 1 heterocycles. The van der Waals surface area contributed by atoms with E-state index >= 15 is 0 Å². The minimum absolute atomic E-state index is 0.136. The third-order valence-corrected chi connectivity index (χ3v) is 2.21. The van der Waals surface area contributed by atoms with E-state index < -0.39 is 0 Å². The molecule has 1 aromatic heterocycles. The van der Waals surface area contributed by atoms with Gasteiger partial charge in [0.2, 0.25) is 5.78 Å². The number of hydrogen-bond acceptors (Lipinski definition) is 4. The van der Waals surface area contributed by atoms with Gasteiger partial charge in [0.15, 0.2) is 5.82 Å². The van der Waals surface area contributed by atoms with E-state index in [-0.39, 0.29) is 11.7 Å². The highest BCUT2D eigenvalue weighted by atomic mass is 16.5. The second kappa shape index (κ2) is 2.69. The van der Waals surface area contributed by atoms with Gasteiger partial charge in [-0.15, -0.1) is 0 Å². The second-order valence-electron chi connectivity index (χ2n) is 3.14. The maximum atomic E-state index is 10.8. The smallest absolute Gasteiger partial charge is 0.293 e. The predicted octanol–water partition coefficient (Wildman–Crippen LogP) is 1.54. The van der Waals surface area contributed by atoms with Crippen LogP contribution in [0.1, 0.15) is 48.6 Å². The van der Waals surface area contributed by atoms with Gasteiger partial charge in [-0.25, -0.2) is 0 Å². The largest absolute Gasteiger partial charge is 0.331 e. The molecule has 0 unspecified atom stereocenters. The molecular formula is C8H10N2O2. The average molecular weight is 166 g/mol. The van der Waals surface area contributed by atoms with Crippen molar-refractivity contribution in [3.05, 3.63) is 11.7 Å². The van der Waals surface area contributed by atoms with Gasteiger partial charge in [0.25, 0.3) is 5.89 Å². The fourth-order valence-electron chi connectivity index (χ4n) is 1.21. The van der Waals surface area contributed by atoms with E-state index in [2.05, 4.69) is 10.1 Å². The van der Waals surface area contributed by atoms with Crippen LogP contribution in [-0.2, 0) is 0 Å². The minimum Gasteiger partial charge on any atom is -0.331 e. The summed E-state index contributed by atoms with van der Waals surface area (Å²) in [7, 11) is 0. The molecule has 4 nitrogen and oxygen atoms in total. The molecule has 0 N–H and O–H groups in total. The highest BCUT2D eigenvalue weighted by molar-refractivity contribution is 5.89. The van der Waals surface area contributed by atoms with Crippen LogP contribution >= 0.6 is 0 Å². The lowest BCUT2D eigenvalue weighted by molar-refractivity contribution is 0.0972. The van der Waals surface area contributed by atoms with Crippen LogP contribution < -0.4 is 0 Å². The van der Waals surface area contributed by atoms with Gasteiger partial charge >= 0.3 is 0 Å². The molecular weight excluding hydrogens is 156 g/mol. The summed E-state index contributed by atoms with van der Waals surface area (Å²) in [6.07, 6.45) is 3.47. The summed E-state index contributed by atoms with van der Waals surface area (Å²) >= 11 is 0. The van der Waals surface area contributed by atoms with Crippen LogP contribution in [0.25, 0.3) is 0 Å². The monoisotopic (exact) mass is 166 g/mol. The number of carbonyl (C=O) groups excluding carboxylic acids is 1. The number of hydrogen-bond donors (Lipinski definition) is 0. The Balaban J connectivity index is 2.17. The van der Waals surface area contributed by atoms with E-state index in [4.69, 9.17) is 4.52 Å². The fourth-order valence-corrected chi connectivity index (χ4v) is 1.21. The van der Waals surface area contributed by atoms with E-state index in [9.17, 15) is 4.79 Å². The molecule has 0 amide bonds. The Morgan fingerprint density at radius 1 is 1.58 bits per heavy atom. The number of rotatable bonds is 2. The lowest BCUT2D eigenvalue weighted by atomic mass is 9.85. The number of Topliss-reactive ketones (excluding diaryl/α,β-unsaturated/α-hetero) is 1. The van der Waals surface area contributed by atoms with Crippen molar-refractivity contribution in [1.82, 2.24) is 10.1 Å². The molecule has 0 saturated heterocycles. The molecule has 0 bridgehead atoms. The van der Waals surface area contributed by atoms with Gasteiger partial charge in [-0.1, -0.05) is 11.6 Å². The molecule has 64 valence electrons. The van der Waals surface area contributed by atoms with Crippen LogP contribution in [0, 0.1) is 0 Å². The van der Waals surface area contributed by atoms with Crippen LogP contribution in [-0.4, -0.2) is 15.9 Å². The Morgan fingerprint density at radius 2 is 2.33 bits per heavy atom. The molecule has 1 saturated carbocycles. The Morgan fingerprint density at radius 3 is 2.75 bits per heavy atom. The first kappa shape index (κ1) is 7.46. The van der Waals surface area contributed by atoms with E-state index in [1.165, 1.54) is 13.3 Å². The third-order valence-electron chi connectivity index (χ3n) is 2.21. The highest BCUT2D eigenvalue weighted by Gasteiger charge is 2.25. The molecule has 1 aromatic rings. The second-order valence-corrected chi connectivity index (χ2v) is 3.14. The van der Waals surface area contributed by atoms with Gasteiger partial charge in [0, 0.05) is 12.8 Å². The summed E-state index contributed by atoms with van der Waals surface area (Å²) in [5.41, 5.74) is 0. The standard InChI is InChI=1S/C8H10N2O2/c1-5(11)8-9-7(10-12-8)6-3-2-4-6/h6H,2-4H2,1H3. The number of aromatic nitrogens is 2. The molecule has 0 atom stereocenters. The van der Waals surface area contributed by atoms with Crippen LogP contribution in [0.15, 0.2) is 4.52 Å². The molecule has 4 heteroatoms. The van der Waals surface area contributed by atoms with Gasteiger partial charge in [0.05, 0.1) is 0 Å². The third kappa shape index (κ3) is 1.13. The first-order valence-electron chi connectivity index (χ1n) is 4.12. The quantitative estimate of drug-likeness (QED) is 0.625. The van der Waals surface area contributed by atoms with Gasteiger partial charge in [-0.3, -0.25) is 4.79 Å². The van der Waals surface area contributed by atoms with Gasteiger partial charge in [0.1, 0.15) is 0 Å². The topological polar surface area (TPSA) is 56.0 Å². The summed E-state index contributed by atoms with van der Waals surface area (Å²) in [6.45, 7) is 1.43. The summed E-state index contributed by atoms with van der Waals surface area (Å²) in [4.78, 5) is 14.8. The zero-order valence-electron chi connectivity index (χ0n) is 6.91. The maximum absolute atomic E-state index is 10.8. The van der Waals surface area contributed by atoms with Crippen molar-refractivity contribution in [2.75, 3.05) is 0 Å². The molecule has 1 aliphatic carbocycles. The molecule has 0 radical (unpaired) electrons. The first-order valence-corrected chi connectivity index (χ1v) is 4.12. The molecule has 1 aliphatic rings. The normalized spacial score (nSPS) is 17.4. The number of ketones is 1. The van der Waals surface area contributed by atoms with Crippen molar-refractivity contribution >= 4 is 5.78 Å². The Labute approximate surface area is 70.0 Å². The molecule has 0 aromatic carbocycles. The molecule has 2 rings (SSSR count). The van der Waals surface area contributed by atoms with Crippen LogP contribution in [0.2, 0.25) is 0 Å². The average Bonchev–Trinajstić information content (AvgIpc) is 2.32. The first-order chi connectivity index (χ1) is 5.77. The van der Waals surface area contributed by atoms with E-state index in [1.807, 2.05) is 0 Å². The fraction of sp³-hybridized carbons (Fsp3) is 0.625. The van der Waals surface area contributed by atoms with Gasteiger partial charge < -0.3 is 4.52 Å². The van der Waals surface area contributed by atoms with E-state index in [0.717, 1.165) is 12.8 Å².